The Morgan fingerprint density at radius 3 is 1.94 bits per heavy atom. The first-order valence-corrected chi connectivity index (χ1v) is 5.37. The lowest BCUT2D eigenvalue weighted by molar-refractivity contribution is 0.640. The van der Waals surface area contributed by atoms with Crippen LogP contribution in [0.3, 0.4) is 0 Å². The first-order valence-electron chi connectivity index (χ1n) is 5.37. The third kappa shape index (κ3) is 1.44. The number of aromatic nitrogens is 2. The first kappa shape index (κ1) is 10.6. The number of nitrogens with zero attached hydrogens (tertiary/aromatic N) is 4. The number of benzene rings is 1. The molecular weight excluding hydrogens is 204 g/mol. The van der Waals surface area contributed by atoms with Gasteiger partial charge in [0.25, 0.3) is 0 Å². The highest BCUT2D eigenvalue weighted by atomic mass is 16.3. The van der Waals surface area contributed by atoms with Crippen LogP contribution in [0.25, 0.3) is 11.0 Å². The fourth-order valence-corrected chi connectivity index (χ4v) is 2.05. The fourth-order valence-electron chi connectivity index (χ4n) is 2.05. The first-order chi connectivity index (χ1) is 7.83. The maximum atomic E-state index is 10.3. The Morgan fingerprint density at radius 2 is 1.56 bits per heavy atom. The molecule has 0 spiro atoms. The van der Waals surface area contributed by atoms with Crippen molar-refractivity contribution in [3.05, 3.63) is 34.8 Å². The van der Waals surface area contributed by atoms with Gasteiger partial charge in [0, 0.05) is 13.1 Å². The molecule has 16 heavy (non-hydrogen) atoms. The van der Waals surface area contributed by atoms with Crippen LogP contribution in [0.4, 0.5) is 0 Å². The maximum Gasteiger partial charge on any atom is 0.234 e. The van der Waals surface area contributed by atoms with Gasteiger partial charge in [-0.2, -0.15) is 0 Å². The van der Waals surface area contributed by atoms with Crippen molar-refractivity contribution in [3.63, 3.8) is 0 Å². The van der Waals surface area contributed by atoms with Gasteiger partial charge in [0.2, 0.25) is 5.62 Å². The number of hydrogen-bond acceptors (Lipinski definition) is 2. The third-order valence-corrected chi connectivity index (χ3v) is 2.71. The zero-order chi connectivity index (χ0) is 11.5. The van der Waals surface area contributed by atoms with E-state index in [1.54, 1.807) is 0 Å². The Labute approximate surface area is 93.0 Å². The van der Waals surface area contributed by atoms with Gasteiger partial charge in [-0.05, 0) is 26.0 Å². The predicted molar refractivity (Wildman–Crippen MR) is 62.6 cm³/mol. The average molecular weight is 218 g/mol. The highest BCUT2D eigenvalue weighted by Gasteiger charge is 2.08. The minimum Gasteiger partial charge on any atom is -0.309 e. The van der Waals surface area contributed by atoms with Crippen LogP contribution in [-0.2, 0) is 13.1 Å². The Balaban J connectivity index is 2.95. The number of imidazole rings is 1. The van der Waals surface area contributed by atoms with Crippen molar-refractivity contribution in [3.8, 4) is 0 Å². The lowest BCUT2D eigenvalue weighted by atomic mass is 10.3. The summed E-state index contributed by atoms with van der Waals surface area (Å²) in [5, 5.41) is 6.33. The highest BCUT2D eigenvalue weighted by Crippen LogP contribution is 2.12. The van der Waals surface area contributed by atoms with Crippen LogP contribution in [0.5, 0.6) is 0 Å². The number of para-hydroxylation sites is 2. The van der Waals surface area contributed by atoms with Gasteiger partial charge in [-0.1, -0.05) is 17.2 Å². The van der Waals surface area contributed by atoms with E-state index in [-0.39, 0.29) is 0 Å². The summed E-state index contributed by atoms with van der Waals surface area (Å²) < 4.78 is 3.97. The largest absolute Gasteiger partial charge is 0.309 e. The van der Waals surface area contributed by atoms with E-state index in [0.29, 0.717) is 5.62 Å². The molecule has 1 heterocycles. The molecule has 0 atom stereocenters. The molecule has 0 bridgehead atoms. The molecule has 1 aromatic heterocycles. The van der Waals surface area contributed by atoms with E-state index in [1.807, 2.05) is 47.2 Å². The summed E-state index contributed by atoms with van der Waals surface area (Å²) >= 11 is 0. The summed E-state index contributed by atoms with van der Waals surface area (Å²) in [5.41, 5.74) is 2.77. The van der Waals surface area contributed by atoms with Gasteiger partial charge in [-0.15, -0.1) is 4.91 Å². The predicted octanol–water partition coefficient (Wildman–Crippen LogP) is 2.06. The van der Waals surface area contributed by atoms with Gasteiger partial charge < -0.3 is 9.13 Å². The number of aryl methyl sites for hydroxylation is 2. The monoisotopic (exact) mass is 218 g/mol. The summed E-state index contributed by atoms with van der Waals surface area (Å²) in [4.78, 5) is 10.3. The van der Waals surface area contributed by atoms with E-state index in [4.69, 9.17) is 0 Å². The minimum atomic E-state index is 0.612. The van der Waals surface area contributed by atoms with Crippen LogP contribution in [0.1, 0.15) is 13.8 Å². The number of fused-ring (bicyclic) bond motifs is 1. The maximum absolute atomic E-state index is 10.3. The summed E-state index contributed by atoms with van der Waals surface area (Å²) in [6.07, 6.45) is 0. The van der Waals surface area contributed by atoms with Gasteiger partial charge in [-0.3, -0.25) is 0 Å². The van der Waals surface area contributed by atoms with Crippen molar-refractivity contribution in [2.45, 2.75) is 26.9 Å². The zero-order valence-corrected chi connectivity index (χ0v) is 9.42. The van der Waals surface area contributed by atoms with Crippen LogP contribution in [0.2, 0.25) is 0 Å². The highest BCUT2D eigenvalue weighted by molar-refractivity contribution is 5.75. The molecule has 2 aromatic rings. The molecule has 0 saturated carbocycles. The van der Waals surface area contributed by atoms with Gasteiger partial charge in [0.05, 0.1) is 16.3 Å². The van der Waals surface area contributed by atoms with Crippen LogP contribution in [-0.4, -0.2) is 9.13 Å². The summed E-state index contributed by atoms with van der Waals surface area (Å²) in [6.45, 7) is 5.58. The SMILES string of the molecule is CCn1c(=NN=O)n(CC)c2ccccc21. The van der Waals surface area contributed by atoms with Gasteiger partial charge in [-0.25, -0.2) is 0 Å². The van der Waals surface area contributed by atoms with E-state index in [2.05, 4.69) is 10.4 Å². The summed E-state index contributed by atoms with van der Waals surface area (Å²) in [7, 11) is 0. The normalized spacial score (nSPS) is 10.6. The van der Waals surface area contributed by atoms with Crippen molar-refractivity contribution in [2.75, 3.05) is 0 Å². The molecule has 84 valence electrons. The molecule has 0 amide bonds. The standard InChI is InChI=1S/C11H14N4O/c1-3-14-9-7-5-6-8-10(9)15(4-2)11(14)12-13-16/h5-8H,3-4H2,1-2H3. The molecule has 2 rings (SSSR count). The summed E-state index contributed by atoms with van der Waals surface area (Å²) in [5.74, 6) is 0. The Morgan fingerprint density at radius 1 is 1.06 bits per heavy atom. The van der Waals surface area contributed by atoms with E-state index >= 15 is 0 Å². The lowest BCUT2D eigenvalue weighted by Crippen LogP contribution is -2.24. The molecule has 1 aromatic carbocycles. The fraction of sp³-hybridized carbons (Fsp3) is 0.364. The summed E-state index contributed by atoms with van der Waals surface area (Å²) in [6, 6.07) is 8.00. The molecule has 0 aliphatic carbocycles. The van der Waals surface area contributed by atoms with Crippen molar-refractivity contribution in [1.29, 1.82) is 0 Å². The van der Waals surface area contributed by atoms with Crippen molar-refractivity contribution < 1.29 is 0 Å². The Kier molecular flexibility index (Phi) is 2.85. The van der Waals surface area contributed by atoms with E-state index in [1.165, 1.54) is 0 Å². The van der Waals surface area contributed by atoms with Crippen molar-refractivity contribution in [2.24, 2.45) is 10.4 Å². The molecule has 0 aliphatic rings. The van der Waals surface area contributed by atoms with Crippen molar-refractivity contribution in [1.82, 2.24) is 9.13 Å². The molecule has 0 N–H and O–H groups in total. The lowest BCUT2D eigenvalue weighted by Gasteiger charge is -1.98. The van der Waals surface area contributed by atoms with Gasteiger partial charge >= 0.3 is 0 Å². The van der Waals surface area contributed by atoms with Crippen LogP contribution < -0.4 is 5.62 Å². The van der Waals surface area contributed by atoms with Gasteiger partial charge in [0.1, 0.15) is 0 Å². The molecular formula is C11H14N4O. The topological polar surface area (TPSA) is 51.6 Å². The Bertz CT molecular complexity index is 535. The third-order valence-electron chi connectivity index (χ3n) is 2.71. The van der Waals surface area contributed by atoms with Crippen LogP contribution in [0.15, 0.2) is 34.7 Å². The molecule has 0 unspecified atom stereocenters. The smallest absolute Gasteiger partial charge is 0.234 e. The van der Waals surface area contributed by atoms with Crippen LogP contribution in [0, 0.1) is 4.91 Å². The van der Waals surface area contributed by atoms with Crippen molar-refractivity contribution >= 4 is 11.0 Å². The zero-order valence-electron chi connectivity index (χ0n) is 9.42. The Hall–Kier alpha value is -1.91. The number of nitroso groups, excluding NO2 is 1. The second kappa shape index (κ2) is 4.30. The number of hydrogen-bond donors (Lipinski definition) is 0. The average Bonchev–Trinajstić information content (AvgIpc) is 2.62. The minimum absolute atomic E-state index is 0.612. The number of rotatable bonds is 3. The molecule has 0 radical (unpaired) electrons. The van der Waals surface area contributed by atoms with Gasteiger partial charge in [0.15, 0.2) is 0 Å². The molecule has 0 aliphatic heterocycles. The molecule has 0 fully saturated rings. The molecule has 5 nitrogen and oxygen atoms in total. The second-order valence-corrected chi connectivity index (χ2v) is 3.46. The van der Waals surface area contributed by atoms with E-state index in [0.717, 1.165) is 24.1 Å². The quantitative estimate of drug-likeness (QED) is 0.574. The van der Waals surface area contributed by atoms with E-state index < -0.39 is 0 Å². The van der Waals surface area contributed by atoms with E-state index in [9.17, 15) is 4.91 Å². The second-order valence-electron chi connectivity index (χ2n) is 3.46. The van der Waals surface area contributed by atoms with Crippen LogP contribution >= 0.6 is 0 Å². The molecule has 0 saturated heterocycles. The molecule has 5 heteroatoms.